The molecule has 0 spiro atoms. The summed E-state index contributed by atoms with van der Waals surface area (Å²) in [6, 6.07) is 9.72. The molecule has 1 fully saturated rings. The fourth-order valence-corrected chi connectivity index (χ4v) is 2.47. The van der Waals surface area contributed by atoms with E-state index in [1.54, 1.807) is 0 Å². The van der Waals surface area contributed by atoms with Crippen LogP contribution in [0.15, 0.2) is 34.9 Å². The van der Waals surface area contributed by atoms with Crippen molar-refractivity contribution in [2.75, 3.05) is 13.1 Å². The summed E-state index contributed by atoms with van der Waals surface area (Å²) in [6.07, 6.45) is 2.36. The second-order valence-corrected chi connectivity index (χ2v) is 5.00. The molecule has 0 amide bonds. The zero-order chi connectivity index (χ0) is 13.9. The second-order valence-electron chi connectivity index (χ2n) is 5.00. The van der Waals surface area contributed by atoms with Crippen LogP contribution < -0.4 is 5.73 Å². The van der Waals surface area contributed by atoms with Crippen LogP contribution in [0.4, 0.5) is 0 Å². The standard InChI is InChI=1S/C15H18N4O/c16-10-13-9-14(18-20-13)11-3-5-12(6-4-11)15(17)19-7-1-2-8-19/h3-6,9,17H,1-2,7-8,10,16H2. The maximum Gasteiger partial charge on any atom is 0.150 e. The van der Waals surface area contributed by atoms with Crippen LogP contribution in [0.3, 0.4) is 0 Å². The van der Waals surface area contributed by atoms with Gasteiger partial charge in [-0.05, 0) is 12.8 Å². The van der Waals surface area contributed by atoms with Crippen LogP contribution in [0.25, 0.3) is 11.3 Å². The van der Waals surface area contributed by atoms with Crippen molar-refractivity contribution in [2.45, 2.75) is 19.4 Å². The molecule has 0 bridgehead atoms. The number of amidine groups is 1. The lowest BCUT2D eigenvalue weighted by Gasteiger charge is -2.18. The minimum absolute atomic E-state index is 0.352. The van der Waals surface area contributed by atoms with Gasteiger partial charge in [0, 0.05) is 30.3 Å². The van der Waals surface area contributed by atoms with Gasteiger partial charge in [0.2, 0.25) is 0 Å². The van der Waals surface area contributed by atoms with E-state index in [2.05, 4.69) is 10.1 Å². The number of nitrogens with one attached hydrogen (secondary N) is 1. The quantitative estimate of drug-likeness (QED) is 0.662. The van der Waals surface area contributed by atoms with E-state index in [1.165, 1.54) is 12.8 Å². The molecule has 1 saturated heterocycles. The summed E-state index contributed by atoms with van der Waals surface area (Å²) in [5, 5.41) is 12.2. The summed E-state index contributed by atoms with van der Waals surface area (Å²) >= 11 is 0. The first kappa shape index (κ1) is 12.9. The van der Waals surface area contributed by atoms with Crippen molar-refractivity contribution in [1.29, 1.82) is 5.41 Å². The molecule has 2 heterocycles. The predicted octanol–water partition coefficient (Wildman–Crippen LogP) is 2.22. The lowest BCUT2D eigenvalue weighted by molar-refractivity contribution is 0.387. The van der Waals surface area contributed by atoms with Gasteiger partial charge in [-0.2, -0.15) is 0 Å². The van der Waals surface area contributed by atoms with Crippen LogP contribution >= 0.6 is 0 Å². The molecule has 1 aromatic carbocycles. The monoisotopic (exact) mass is 270 g/mol. The Morgan fingerprint density at radius 3 is 2.55 bits per heavy atom. The Hall–Kier alpha value is -2.14. The minimum atomic E-state index is 0.352. The van der Waals surface area contributed by atoms with Gasteiger partial charge in [0.05, 0.1) is 6.54 Å². The van der Waals surface area contributed by atoms with Gasteiger partial charge in [-0.25, -0.2) is 0 Å². The number of nitrogens with two attached hydrogens (primary N) is 1. The van der Waals surface area contributed by atoms with Crippen molar-refractivity contribution >= 4 is 5.84 Å². The molecule has 1 aromatic heterocycles. The minimum Gasteiger partial charge on any atom is -0.359 e. The highest BCUT2D eigenvalue weighted by Gasteiger charge is 2.16. The van der Waals surface area contributed by atoms with E-state index in [9.17, 15) is 0 Å². The molecule has 1 aliphatic heterocycles. The second kappa shape index (κ2) is 5.46. The first-order valence-corrected chi connectivity index (χ1v) is 6.88. The molecule has 0 unspecified atom stereocenters. The van der Waals surface area contributed by atoms with Crippen LogP contribution in [0.2, 0.25) is 0 Å². The summed E-state index contributed by atoms with van der Waals surface area (Å²) in [5.41, 5.74) is 8.21. The summed E-state index contributed by atoms with van der Waals surface area (Å²) in [5.74, 6) is 1.28. The van der Waals surface area contributed by atoms with E-state index in [0.29, 0.717) is 18.1 Å². The van der Waals surface area contributed by atoms with E-state index in [4.69, 9.17) is 15.7 Å². The highest BCUT2D eigenvalue weighted by molar-refractivity contribution is 5.96. The van der Waals surface area contributed by atoms with Crippen LogP contribution in [-0.4, -0.2) is 29.0 Å². The first-order chi connectivity index (χ1) is 9.78. The van der Waals surface area contributed by atoms with Crippen LogP contribution in [0, 0.1) is 5.41 Å². The Kier molecular flexibility index (Phi) is 3.52. The normalized spacial score (nSPS) is 14.8. The van der Waals surface area contributed by atoms with Crippen LogP contribution in [-0.2, 0) is 6.54 Å². The molecule has 1 aliphatic rings. The number of benzene rings is 1. The average molecular weight is 270 g/mol. The maximum atomic E-state index is 8.21. The third-order valence-corrected chi connectivity index (χ3v) is 3.64. The number of likely N-dealkylation sites (tertiary alicyclic amines) is 1. The van der Waals surface area contributed by atoms with Gasteiger partial charge < -0.3 is 15.2 Å². The SMILES string of the molecule is N=C(c1ccc(-c2cc(CN)on2)cc1)N1CCCC1. The number of hydrogen-bond acceptors (Lipinski definition) is 4. The molecule has 20 heavy (non-hydrogen) atoms. The van der Waals surface area contributed by atoms with Gasteiger partial charge in [-0.15, -0.1) is 0 Å². The van der Waals surface area contributed by atoms with E-state index < -0.39 is 0 Å². The predicted molar refractivity (Wildman–Crippen MR) is 77.5 cm³/mol. The molecule has 3 N–H and O–H groups in total. The summed E-state index contributed by atoms with van der Waals surface area (Å²) in [7, 11) is 0. The zero-order valence-corrected chi connectivity index (χ0v) is 11.3. The van der Waals surface area contributed by atoms with E-state index in [0.717, 1.165) is 29.9 Å². The summed E-state index contributed by atoms with van der Waals surface area (Å²) in [4.78, 5) is 2.12. The van der Waals surface area contributed by atoms with Gasteiger partial charge in [0.25, 0.3) is 0 Å². The molecular formula is C15H18N4O. The molecule has 5 nitrogen and oxygen atoms in total. The van der Waals surface area contributed by atoms with Crippen LogP contribution in [0.5, 0.6) is 0 Å². The Bertz CT molecular complexity index is 597. The third kappa shape index (κ3) is 2.44. The molecule has 0 saturated carbocycles. The van der Waals surface area contributed by atoms with E-state index in [1.807, 2.05) is 30.3 Å². The Labute approximate surface area is 117 Å². The van der Waals surface area contributed by atoms with E-state index in [-0.39, 0.29) is 0 Å². The zero-order valence-electron chi connectivity index (χ0n) is 11.3. The smallest absolute Gasteiger partial charge is 0.150 e. The lowest BCUT2D eigenvalue weighted by Crippen LogP contribution is -2.27. The fraction of sp³-hybridized carbons (Fsp3) is 0.333. The molecule has 5 heteroatoms. The first-order valence-electron chi connectivity index (χ1n) is 6.88. The lowest BCUT2D eigenvalue weighted by atomic mass is 10.1. The maximum absolute atomic E-state index is 8.21. The Balaban J connectivity index is 1.78. The topological polar surface area (TPSA) is 79.1 Å². The van der Waals surface area contributed by atoms with Gasteiger partial charge in [0.15, 0.2) is 5.76 Å². The number of rotatable bonds is 3. The van der Waals surface area contributed by atoms with Crippen molar-refractivity contribution in [3.05, 3.63) is 41.7 Å². The van der Waals surface area contributed by atoms with Crippen molar-refractivity contribution in [1.82, 2.24) is 10.1 Å². The molecule has 104 valence electrons. The molecular weight excluding hydrogens is 252 g/mol. The Morgan fingerprint density at radius 1 is 1.25 bits per heavy atom. The molecule has 0 atom stereocenters. The molecule has 2 aromatic rings. The van der Waals surface area contributed by atoms with Gasteiger partial charge in [0.1, 0.15) is 11.5 Å². The highest BCUT2D eigenvalue weighted by Crippen LogP contribution is 2.21. The summed E-state index contributed by atoms with van der Waals surface area (Å²) < 4.78 is 5.10. The highest BCUT2D eigenvalue weighted by atomic mass is 16.5. The van der Waals surface area contributed by atoms with Gasteiger partial charge in [-0.1, -0.05) is 29.4 Å². The Morgan fingerprint density at radius 2 is 1.95 bits per heavy atom. The van der Waals surface area contributed by atoms with Crippen LogP contribution in [0.1, 0.15) is 24.2 Å². The number of aromatic nitrogens is 1. The fourth-order valence-electron chi connectivity index (χ4n) is 2.47. The summed E-state index contributed by atoms with van der Waals surface area (Å²) in [6.45, 7) is 2.33. The molecule has 0 radical (unpaired) electrons. The van der Waals surface area contributed by atoms with Crippen molar-refractivity contribution in [3.8, 4) is 11.3 Å². The largest absolute Gasteiger partial charge is 0.359 e. The van der Waals surface area contributed by atoms with Gasteiger partial charge in [-0.3, -0.25) is 5.41 Å². The van der Waals surface area contributed by atoms with Crippen molar-refractivity contribution < 1.29 is 4.52 Å². The number of nitrogens with zero attached hydrogens (tertiary/aromatic N) is 2. The van der Waals surface area contributed by atoms with E-state index >= 15 is 0 Å². The average Bonchev–Trinajstić information content (AvgIpc) is 3.18. The molecule has 0 aliphatic carbocycles. The number of hydrogen-bond donors (Lipinski definition) is 2. The van der Waals surface area contributed by atoms with Crippen molar-refractivity contribution in [2.24, 2.45) is 5.73 Å². The third-order valence-electron chi connectivity index (χ3n) is 3.64. The van der Waals surface area contributed by atoms with Crippen molar-refractivity contribution in [3.63, 3.8) is 0 Å². The molecule has 3 rings (SSSR count). The van der Waals surface area contributed by atoms with Gasteiger partial charge >= 0.3 is 0 Å².